The number of morpholine rings is 1. The minimum Gasteiger partial charge on any atom is -0.479 e. The second-order valence-corrected chi connectivity index (χ2v) is 6.02. The largest absolute Gasteiger partial charge is 0.479 e. The molecule has 0 radical (unpaired) electrons. The summed E-state index contributed by atoms with van der Waals surface area (Å²) in [6, 6.07) is 0. The Morgan fingerprint density at radius 2 is 2.16 bits per heavy atom. The molecule has 1 saturated heterocycles. The Labute approximate surface area is 111 Å². The van der Waals surface area contributed by atoms with Crippen LogP contribution in [0.4, 0.5) is 0 Å². The lowest BCUT2D eigenvalue weighted by Crippen LogP contribution is -2.49. The molecular weight excluding hydrogens is 278 g/mol. The summed E-state index contributed by atoms with van der Waals surface area (Å²) in [5, 5.41) is 8.79. The van der Waals surface area contributed by atoms with Crippen LogP contribution in [0.2, 0.25) is 0 Å². The highest BCUT2D eigenvalue weighted by Crippen LogP contribution is 2.12. The van der Waals surface area contributed by atoms with E-state index in [0.717, 1.165) is 4.31 Å². The molecule has 0 aliphatic carbocycles. The molecule has 1 heterocycles. The summed E-state index contributed by atoms with van der Waals surface area (Å²) in [5.74, 6) is -2.18. The van der Waals surface area contributed by atoms with Crippen molar-refractivity contribution in [3.63, 3.8) is 0 Å². The third-order valence-electron chi connectivity index (χ3n) is 2.57. The van der Waals surface area contributed by atoms with Crippen molar-refractivity contribution in [3.8, 4) is 0 Å². The molecule has 0 spiro atoms. The van der Waals surface area contributed by atoms with Crippen LogP contribution in [0.25, 0.3) is 0 Å². The molecule has 1 N–H and O–H groups in total. The van der Waals surface area contributed by atoms with Crippen LogP contribution >= 0.6 is 0 Å². The Hall–Kier alpha value is -1.19. The van der Waals surface area contributed by atoms with E-state index in [0.29, 0.717) is 0 Å². The number of carbonyl (C=O) groups is 2. The van der Waals surface area contributed by atoms with Gasteiger partial charge in [-0.05, 0) is 6.92 Å². The molecule has 19 heavy (non-hydrogen) atoms. The Bertz CT molecular complexity index is 433. The lowest BCUT2D eigenvalue weighted by Gasteiger charge is -2.29. The van der Waals surface area contributed by atoms with E-state index in [4.69, 9.17) is 9.84 Å². The number of ether oxygens (including phenoxy) is 2. The Balaban J connectivity index is 2.56. The Morgan fingerprint density at radius 1 is 1.47 bits per heavy atom. The zero-order valence-electron chi connectivity index (χ0n) is 10.6. The van der Waals surface area contributed by atoms with Gasteiger partial charge in [-0.3, -0.25) is 4.79 Å². The second kappa shape index (κ2) is 6.83. The molecule has 0 amide bonds. The van der Waals surface area contributed by atoms with Crippen LogP contribution in [-0.2, 0) is 29.1 Å². The van der Waals surface area contributed by atoms with Crippen LogP contribution in [-0.4, -0.2) is 67.9 Å². The first-order valence-corrected chi connectivity index (χ1v) is 7.45. The number of carboxylic acid groups (broad SMARTS) is 1. The van der Waals surface area contributed by atoms with E-state index in [1.165, 1.54) is 0 Å². The topological polar surface area (TPSA) is 110 Å². The number of hydrogen-bond acceptors (Lipinski definition) is 6. The highest BCUT2D eigenvalue weighted by Gasteiger charge is 2.33. The number of carboxylic acids is 1. The average molecular weight is 295 g/mol. The number of nitrogens with zero attached hydrogens (tertiary/aromatic N) is 1. The van der Waals surface area contributed by atoms with Crippen LogP contribution in [0, 0.1) is 0 Å². The number of hydrogen-bond donors (Lipinski definition) is 1. The van der Waals surface area contributed by atoms with E-state index in [9.17, 15) is 18.0 Å². The van der Waals surface area contributed by atoms with Crippen molar-refractivity contribution < 1.29 is 32.6 Å². The predicted molar refractivity (Wildman–Crippen MR) is 64.0 cm³/mol. The fourth-order valence-electron chi connectivity index (χ4n) is 1.60. The summed E-state index contributed by atoms with van der Waals surface area (Å²) in [4.78, 5) is 21.9. The van der Waals surface area contributed by atoms with Gasteiger partial charge in [-0.15, -0.1) is 0 Å². The molecule has 0 bridgehead atoms. The molecule has 1 rings (SSSR count). The molecule has 8 nitrogen and oxygen atoms in total. The third-order valence-corrected chi connectivity index (χ3v) is 4.41. The third kappa shape index (κ3) is 4.77. The predicted octanol–water partition coefficient (Wildman–Crippen LogP) is -0.945. The molecule has 1 atom stereocenters. The average Bonchev–Trinajstić information content (AvgIpc) is 2.37. The van der Waals surface area contributed by atoms with Crippen molar-refractivity contribution in [3.05, 3.63) is 0 Å². The monoisotopic (exact) mass is 295 g/mol. The van der Waals surface area contributed by atoms with E-state index in [1.54, 1.807) is 6.92 Å². The van der Waals surface area contributed by atoms with E-state index < -0.39 is 33.8 Å². The molecule has 1 aliphatic rings. The second-order valence-electron chi connectivity index (χ2n) is 3.93. The maximum atomic E-state index is 11.9. The molecule has 1 aliphatic heterocycles. The van der Waals surface area contributed by atoms with Gasteiger partial charge in [-0.25, -0.2) is 13.2 Å². The zero-order valence-corrected chi connectivity index (χ0v) is 11.4. The van der Waals surface area contributed by atoms with Crippen LogP contribution in [0.1, 0.15) is 13.3 Å². The van der Waals surface area contributed by atoms with Crippen molar-refractivity contribution in [2.75, 3.05) is 32.1 Å². The summed E-state index contributed by atoms with van der Waals surface area (Å²) >= 11 is 0. The molecule has 0 saturated carbocycles. The summed E-state index contributed by atoms with van der Waals surface area (Å²) in [7, 11) is -3.67. The lowest BCUT2D eigenvalue weighted by atomic mass is 10.3. The maximum Gasteiger partial charge on any atom is 0.334 e. The van der Waals surface area contributed by atoms with Gasteiger partial charge in [0.05, 0.1) is 31.9 Å². The van der Waals surface area contributed by atoms with Gasteiger partial charge < -0.3 is 14.6 Å². The summed E-state index contributed by atoms with van der Waals surface area (Å²) < 4.78 is 34.5. The molecule has 9 heteroatoms. The standard InChI is InChI=1S/C10H17NO7S/c1-2-17-9(12)3-6-19(15,16)11-4-5-18-8(7-11)10(13)14/h8H,2-7H2,1H3,(H,13,14). The smallest absolute Gasteiger partial charge is 0.334 e. The highest BCUT2D eigenvalue weighted by molar-refractivity contribution is 7.89. The number of sulfonamides is 1. The minimum absolute atomic E-state index is 0.0234. The van der Waals surface area contributed by atoms with Gasteiger partial charge in [0.2, 0.25) is 10.0 Å². The fourth-order valence-corrected chi connectivity index (χ4v) is 3.00. The van der Waals surface area contributed by atoms with Crippen LogP contribution < -0.4 is 0 Å². The minimum atomic E-state index is -3.67. The number of carbonyl (C=O) groups excluding carboxylic acids is 1. The first-order chi connectivity index (χ1) is 8.86. The Kier molecular flexibility index (Phi) is 5.70. The first kappa shape index (κ1) is 15.9. The van der Waals surface area contributed by atoms with Crippen molar-refractivity contribution in [1.82, 2.24) is 4.31 Å². The van der Waals surface area contributed by atoms with Crippen molar-refractivity contribution >= 4 is 22.0 Å². The summed E-state index contributed by atoms with van der Waals surface area (Å²) in [5.41, 5.74) is 0. The molecule has 0 aromatic heterocycles. The van der Waals surface area contributed by atoms with E-state index in [-0.39, 0.29) is 32.7 Å². The molecule has 0 aromatic rings. The van der Waals surface area contributed by atoms with Crippen LogP contribution in [0.5, 0.6) is 0 Å². The SMILES string of the molecule is CCOC(=O)CCS(=O)(=O)N1CCOC(C(=O)O)C1. The summed E-state index contributed by atoms with van der Waals surface area (Å²) in [6.07, 6.45) is -1.41. The molecule has 110 valence electrons. The van der Waals surface area contributed by atoms with Gasteiger partial charge >= 0.3 is 11.9 Å². The van der Waals surface area contributed by atoms with Gasteiger partial charge in [0, 0.05) is 6.54 Å². The van der Waals surface area contributed by atoms with Crippen LogP contribution in [0.3, 0.4) is 0 Å². The Morgan fingerprint density at radius 3 is 2.74 bits per heavy atom. The van der Waals surface area contributed by atoms with Crippen molar-refractivity contribution in [2.45, 2.75) is 19.4 Å². The van der Waals surface area contributed by atoms with Crippen molar-refractivity contribution in [2.24, 2.45) is 0 Å². The van der Waals surface area contributed by atoms with Gasteiger partial charge in [0.15, 0.2) is 6.10 Å². The quantitative estimate of drug-likeness (QED) is 0.629. The number of aliphatic carboxylic acids is 1. The van der Waals surface area contributed by atoms with E-state index in [1.807, 2.05) is 0 Å². The molecule has 0 aromatic carbocycles. The fraction of sp³-hybridized carbons (Fsp3) is 0.800. The maximum absolute atomic E-state index is 11.9. The first-order valence-electron chi connectivity index (χ1n) is 5.84. The van der Waals surface area contributed by atoms with Gasteiger partial charge in [0.1, 0.15) is 0 Å². The highest BCUT2D eigenvalue weighted by atomic mass is 32.2. The number of esters is 1. The van der Waals surface area contributed by atoms with Gasteiger partial charge in [-0.2, -0.15) is 4.31 Å². The zero-order chi connectivity index (χ0) is 14.5. The van der Waals surface area contributed by atoms with Crippen LogP contribution in [0.15, 0.2) is 0 Å². The molecule has 1 fully saturated rings. The van der Waals surface area contributed by atoms with Crippen molar-refractivity contribution in [1.29, 1.82) is 0 Å². The van der Waals surface area contributed by atoms with Gasteiger partial charge in [0.25, 0.3) is 0 Å². The molecular formula is C10H17NO7S. The lowest BCUT2D eigenvalue weighted by molar-refractivity contribution is -0.153. The van der Waals surface area contributed by atoms with E-state index in [2.05, 4.69) is 4.74 Å². The normalized spacial score (nSPS) is 21.0. The van der Waals surface area contributed by atoms with E-state index >= 15 is 0 Å². The van der Waals surface area contributed by atoms with Gasteiger partial charge in [-0.1, -0.05) is 0 Å². The summed E-state index contributed by atoms with van der Waals surface area (Å²) in [6.45, 7) is 1.70. The number of rotatable bonds is 6. The molecule has 1 unspecified atom stereocenters.